The average Bonchev–Trinajstić information content (AvgIpc) is 2.75. The molecule has 0 atom stereocenters. The third kappa shape index (κ3) is 9.12. The van der Waals surface area contributed by atoms with Crippen molar-refractivity contribution >= 4 is 11.9 Å². The first-order valence-corrected chi connectivity index (χ1v) is 9.76. The maximum atomic E-state index is 11.5. The third-order valence-corrected chi connectivity index (χ3v) is 3.98. The number of carbonyl (C=O) groups is 1. The number of hydrogen-bond donors (Lipinski definition) is 3. The molecule has 1 amide bonds. The van der Waals surface area contributed by atoms with E-state index in [0.717, 1.165) is 11.1 Å². The van der Waals surface area contributed by atoms with Crippen LogP contribution in [0.3, 0.4) is 0 Å². The molecule has 7 heteroatoms. The highest BCUT2D eigenvalue weighted by Crippen LogP contribution is 2.13. The van der Waals surface area contributed by atoms with Crippen molar-refractivity contribution in [3.63, 3.8) is 0 Å². The highest BCUT2D eigenvalue weighted by atomic mass is 16.5. The molecule has 3 N–H and O–H groups in total. The largest absolute Gasteiger partial charge is 0.484 e. The summed E-state index contributed by atoms with van der Waals surface area (Å²) in [4.78, 5) is 15.7. The van der Waals surface area contributed by atoms with Crippen LogP contribution in [0.25, 0.3) is 0 Å². The van der Waals surface area contributed by atoms with Gasteiger partial charge < -0.3 is 25.4 Å². The Bertz CT molecular complexity index is 766. The molecule has 0 radical (unpaired) electrons. The van der Waals surface area contributed by atoms with Crippen LogP contribution in [0.1, 0.15) is 18.1 Å². The number of nitrogens with zero attached hydrogens (tertiary/aromatic N) is 1. The van der Waals surface area contributed by atoms with Crippen molar-refractivity contribution in [3.05, 3.63) is 65.7 Å². The first kappa shape index (κ1) is 22.2. The van der Waals surface area contributed by atoms with Gasteiger partial charge in [-0.3, -0.25) is 9.79 Å². The lowest BCUT2D eigenvalue weighted by Crippen LogP contribution is -2.38. The summed E-state index contributed by atoms with van der Waals surface area (Å²) < 4.78 is 11.2. The number of carbonyl (C=O) groups excluding carboxylic acids is 1. The number of likely N-dealkylation sites (N-methyl/N-ethyl adjacent to an activating group) is 1. The first-order chi connectivity index (χ1) is 14.2. The number of benzene rings is 2. The highest BCUT2D eigenvalue weighted by molar-refractivity contribution is 5.79. The van der Waals surface area contributed by atoms with Crippen molar-refractivity contribution in [1.29, 1.82) is 0 Å². The van der Waals surface area contributed by atoms with Crippen LogP contribution >= 0.6 is 0 Å². The minimum Gasteiger partial charge on any atom is -0.484 e. The van der Waals surface area contributed by atoms with Crippen molar-refractivity contribution < 1.29 is 14.3 Å². The lowest BCUT2D eigenvalue weighted by molar-refractivity contribution is -0.122. The predicted octanol–water partition coefficient (Wildman–Crippen LogP) is 2.08. The van der Waals surface area contributed by atoms with Gasteiger partial charge in [0, 0.05) is 26.7 Å². The second kappa shape index (κ2) is 13.2. The van der Waals surface area contributed by atoms with Crippen LogP contribution in [0.2, 0.25) is 0 Å². The van der Waals surface area contributed by atoms with E-state index in [2.05, 4.69) is 20.9 Å². The Labute approximate surface area is 172 Å². The first-order valence-electron chi connectivity index (χ1n) is 9.76. The molecule has 156 valence electrons. The number of rotatable bonds is 11. The van der Waals surface area contributed by atoms with E-state index in [1.807, 2.05) is 61.5 Å². The van der Waals surface area contributed by atoms with Crippen LogP contribution < -0.4 is 20.7 Å². The van der Waals surface area contributed by atoms with E-state index in [0.29, 0.717) is 44.6 Å². The Morgan fingerprint density at radius 1 is 1.00 bits per heavy atom. The standard InChI is InChI=1S/C22H30N4O3/c1-3-24-21(27)17-29-20-11-7-10-19(14-20)15-26-22(23-2)25-12-13-28-16-18-8-5-4-6-9-18/h4-11,14H,3,12-13,15-17H2,1-2H3,(H,24,27)(H2,23,25,26). The van der Waals surface area contributed by atoms with Crippen molar-refractivity contribution in [1.82, 2.24) is 16.0 Å². The summed E-state index contributed by atoms with van der Waals surface area (Å²) in [5.74, 6) is 1.23. The fourth-order valence-electron chi connectivity index (χ4n) is 2.55. The van der Waals surface area contributed by atoms with E-state index in [1.54, 1.807) is 7.05 Å². The average molecular weight is 399 g/mol. The third-order valence-electron chi connectivity index (χ3n) is 3.98. The van der Waals surface area contributed by atoms with Crippen LogP contribution in [0.5, 0.6) is 5.75 Å². The van der Waals surface area contributed by atoms with Crippen molar-refractivity contribution in [2.24, 2.45) is 4.99 Å². The molecule has 0 saturated carbocycles. The molecule has 2 aromatic carbocycles. The maximum Gasteiger partial charge on any atom is 0.257 e. The molecule has 0 saturated heterocycles. The molecule has 0 aliphatic carbocycles. The summed E-state index contributed by atoms with van der Waals surface area (Å²) in [6.07, 6.45) is 0. The Kier molecular flexibility index (Phi) is 10.1. The van der Waals surface area contributed by atoms with Crippen LogP contribution in [0.15, 0.2) is 59.6 Å². The summed E-state index contributed by atoms with van der Waals surface area (Å²) in [7, 11) is 1.73. The quantitative estimate of drug-likeness (QED) is 0.307. The zero-order chi connectivity index (χ0) is 20.7. The van der Waals surface area contributed by atoms with Gasteiger partial charge in [-0.2, -0.15) is 0 Å². The van der Waals surface area contributed by atoms with Gasteiger partial charge in [-0.25, -0.2) is 0 Å². The number of guanidine groups is 1. The second-order valence-electron chi connectivity index (χ2n) is 6.28. The van der Waals surface area contributed by atoms with Crippen molar-refractivity contribution in [3.8, 4) is 5.75 Å². The summed E-state index contributed by atoms with van der Waals surface area (Å²) in [6, 6.07) is 17.7. The van der Waals surface area contributed by atoms with Crippen LogP contribution in [0.4, 0.5) is 0 Å². The molecular formula is C22H30N4O3. The van der Waals surface area contributed by atoms with E-state index in [4.69, 9.17) is 9.47 Å². The summed E-state index contributed by atoms with van der Waals surface area (Å²) in [5, 5.41) is 9.18. The number of nitrogens with one attached hydrogen (secondary N) is 3. The summed E-state index contributed by atoms with van der Waals surface area (Å²) in [5.41, 5.74) is 2.19. The highest BCUT2D eigenvalue weighted by Gasteiger charge is 2.03. The topological polar surface area (TPSA) is 84.0 Å². The molecule has 0 aliphatic rings. The van der Waals surface area contributed by atoms with Gasteiger partial charge in [-0.15, -0.1) is 0 Å². The fourth-order valence-corrected chi connectivity index (χ4v) is 2.55. The minimum atomic E-state index is -0.130. The second-order valence-corrected chi connectivity index (χ2v) is 6.28. The molecule has 0 spiro atoms. The number of ether oxygens (including phenoxy) is 2. The Hall–Kier alpha value is -3.06. The summed E-state index contributed by atoms with van der Waals surface area (Å²) in [6.45, 7) is 4.90. The van der Waals surface area contributed by atoms with Crippen molar-refractivity contribution in [2.45, 2.75) is 20.1 Å². The smallest absolute Gasteiger partial charge is 0.257 e. The molecule has 7 nitrogen and oxygen atoms in total. The molecule has 29 heavy (non-hydrogen) atoms. The lowest BCUT2D eigenvalue weighted by Gasteiger charge is -2.13. The zero-order valence-corrected chi connectivity index (χ0v) is 17.1. The molecule has 2 rings (SSSR count). The van der Waals surface area contributed by atoms with E-state index in [1.165, 1.54) is 0 Å². The molecule has 0 bridgehead atoms. The number of amides is 1. The van der Waals surface area contributed by atoms with Gasteiger partial charge in [0.25, 0.3) is 5.91 Å². The fraction of sp³-hybridized carbons (Fsp3) is 0.364. The van der Waals surface area contributed by atoms with E-state index >= 15 is 0 Å². The lowest BCUT2D eigenvalue weighted by atomic mass is 10.2. The van der Waals surface area contributed by atoms with Gasteiger partial charge in [-0.05, 0) is 30.2 Å². The Morgan fingerprint density at radius 2 is 1.79 bits per heavy atom. The van der Waals surface area contributed by atoms with Gasteiger partial charge in [0.1, 0.15) is 5.75 Å². The van der Waals surface area contributed by atoms with Crippen LogP contribution in [-0.2, 0) is 22.7 Å². The number of hydrogen-bond acceptors (Lipinski definition) is 4. The molecule has 0 unspecified atom stereocenters. The normalized spacial score (nSPS) is 11.0. The van der Waals surface area contributed by atoms with E-state index in [9.17, 15) is 4.79 Å². The van der Waals surface area contributed by atoms with Gasteiger partial charge >= 0.3 is 0 Å². The SMILES string of the molecule is CCNC(=O)COc1cccc(CNC(=NC)NCCOCc2ccccc2)c1. The van der Waals surface area contributed by atoms with Crippen LogP contribution in [0, 0.1) is 0 Å². The monoisotopic (exact) mass is 398 g/mol. The van der Waals surface area contributed by atoms with Gasteiger partial charge in [-0.1, -0.05) is 42.5 Å². The van der Waals surface area contributed by atoms with Crippen LogP contribution in [-0.4, -0.2) is 45.2 Å². The van der Waals surface area contributed by atoms with Gasteiger partial charge in [0.2, 0.25) is 0 Å². The predicted molar refractivity (Wildman–Crippen MR) is 115 cm³/mol. The number of aliphatic imine (C=N–C) groups is 1. The molecule has 0 fully saturated rings. The van der Waals surface area contributed by atoms with Gasteiger partial charge in [0.15, 0.2) is 12.6 Å². The molecular weight excluding hydrogens is 368 g/mol. The summed E-state index contributed by atoms with van der Waals surface area (Å²) >= 11 is 0. The Balaban J connectivity index is 1.67. The van der Waals surface area contributed by atoms with Gasteiger partial charge in [0.05, 0.1) is 13.2 Å². The molecule has 2 aromatic rings. The zero-order valence-electron chi connectivity index (χ0n) is 17.1. The molecule has 0 heterocycles. The van der Waals surface area contributed by atoms with E-state index < -0.39 is 0 Å². The van der Waals surface area contributed by atoms with Crippen molar-refractivity contribution in [2.75, 3.05) is 33.4 Å². The molecule has 0 aromatic heterocycles. The van der Waals surface area contributed by atoms with E-state index in [-0.39, 0.29) is 12.5 Å². The Morgan fingerprint density at radius 3 is 2.55 bits per heavy atom. The minimum absolute atomic E-state index is 0.0108. The molecule has 0 aliphatic heterocycles. The maximum absolute atomic E-state index is 11.5.